The minimum absolute atomic E-state index is 0.288. The molecule has 0 spiro atoms. The Kier molecular flexibility index (Phi) is 5.28. The van der Waals surface area contributed by atoms with Gasteiger partial charge in [0.1, 0.15) is 0 Å². The van der Waals surface area contributed by atoms with E-state index in [0.29, 0.717) is 6.54 Å². The van der Waals surface area contributed by atoms with Gasteiger partial charge in [-0.05, 0) is 24.4 Å². The SMILES string of the molecule is CCn1ccc2ccc(-c3c(-c4ccccc4)ncn3CC(O)COC)cc21. The largest absolute Gasteiger partial charge is 0.389 e. The quantitative estimate of drug-likeness (QED) is 0.527. The molecule has 0 radical (unpaired) electrons. The van der Waals surface area contributed by atoms with Crippen LogP contribution in [0.4, 0.5) is 0 Å². The molecule has 5 nitrogen and oxygen atoms in total. The molecule has 4 aromatic rings. The van der Waals surface area contributed by atoms with Crippen LogP contribution in [0.15, 0.2) is 67.1 Å². The van der Waals surface area contributed by atoms with Crippen LogP contribution in [0.1, 0.15) is 6.92 Å². The number of methoxy groups -OCH3 is 1. The third-order valence-corrected chi connectivity index (χ3v) is 5.04. The molecule has 0 saturated heterocycles. The first-order valence-corrected chi connectivity index (χ1v) is 9.58. The normalized spacial score (nSPS) is 12.5. The first-order valence-electron chi connectivity index (χ1n) is 9.58. The van der Waals surface area contributed by atoms with E-state index in [9.17, 15) is 5.11 Å². The molecule has 1 unspecified atom stereocenters. The van der Waals surface area contributed by atoms with Crippen molar-refractivity contribution in [3.05, 3.63) is 67.1 Å². The Bertz CT molecular complexity index is 1070. The van der Waals surface area contributed by atoms with Crippen molar-refractivity contribution in [1.82, 2.24) is 14.1 Å². The van der Waals surface area contributed by atoms with Gasteiger partial charge >= 0.3 is 0 Å². The van der Waals surface area contributed by atoms with E-state index < -0.39 is 6.10 Å². The maximum atomic E-state index is 10.3. The number of rotatable bonds is 7. The zero-order chi connectivity index (χ0) is 19.5. The maximum absolute atomic E-state index is 10.3. The highest BCUT2D eigenvalue weighted by Crippen LogP contribution is 2.33. The number of hydrogen-bond donors (Lipinski definition) is 1. The number of hydrogen-bond acceptors (Lipinski definition) is 3. The van der Waals surface area contributed by atoms with Crippen LogP contribution < -0.4 is 0 Å². The Hall–Kier alpha value is -2.89. The Morgan fingerprint density at radius 3 is 2.61 bits per heavy atom. The average Bonchev–Trinajstić information content (AvgIpc) is 3.32. The molecule has 0 saturated carbocycles. The number of aromatic nitrogens is 3. The summed E-state index contributed by atoms with van der Waals surface area (Å²) in [6.07, 6.45) is 3.33. The van der Waals surface area contributed by atoms with E-state index >= 15 is 0 Å². The molecular weight excluding hydrogens is 350 g/mol. The molecule has 2 aromatic carbocycles. The molecule has 5 heteroatoms. The lowest BCUT2D eigenvalue weighted by molar-refractivity contribution is 0.0539. The first-order chi connectivity index (χ1) is 13.7. The molecular formula is C23H25N3O2. The van der Waals surface area contributed by atoms with Crippen LogP contribution >= 0.6 is 0 Å². The second kappa shape index (κ2) is 8.00. The Morgan fingerprint density at radius 1 is 1.04 bits per heavy atom. The summed E-state index contributed by atoms with van der Waals surface area (Å²) >= 11 is 0. The molecule has 2 heterocycles. The van der Waals surface area contributed by atoms with E-state index in [1.165, 1.54) is 10.9 Å². The number of aryl methyl sites for hydroxylation is 1. The fourth-order valence-corrected chi connectivity index (χ4v) is 3.71. The highest BCUT2D eigenvalue weighted by Gasteiger charge is 2.18. The highest BCUT2D eigenvalue weighted by atomic mass is 16.5. The minimum Gasteiger partial charge on any atom is -0.389 e. The number of aliphatic hydroxyl groups is 1. The summed E-state index contributed by atoms with van der Waals surface area (Å²) in [4.78, 5) is 4.69. The molecule has 28 heavy (non-hydrogen) atoms. The molecule has 4 rings (SSSR count). The fraction of sp³-hybridized carbons (Fsp3) is 0.261. The molecule has 1 N–H and O–H groups in total. The fourth-order valence-electron chi connectivity index (χ4n) is 3.71. The Morgan fingerprint density at radius 2 is 1.86 bits per heavy atom. The van der Waals surface area contributed by atoms with Crippen LogP contribution in [0.3, 0.4) is 0 Å². The molecule has 0 amide bonds. The van der Waals surface area contributed by atoms with Crippen molar-refractivity contribution in [1.29, 1.82) is 0 Å². The van der Waals surface area contributed by atoms with Crippen molar-refractivity contribution in [2.24, 2.45) is 0 Å². The van der Waals surface area contributed by atoms with Crippen molar-refractivity contribution in [3.8, 4) is 22.5 Å². The molecule has 0 aliphatic rings. The van der Waals surface area contributed by atoms with Gasteiger partial charge in [0.25, 0.3) is 0 Å². The van der Waals surface area contributed by atoms with Gasteiger partial charge in [-0.3, -0.25) is 0 Å². The molecule has 144 valence electrons. The van der Waals surface area contributed by atoms with Crippen LogP contribution in [-0.4, -0.2) is 39.0 Å². The standard InChI is InChI=1S/C23H25N3O2/c1-3-25-12-11-17-9-10-19(13-21(17)25)23-22(18-7-5-4-6-8-18)24-16-26(23)14-20(27)15-28-2/h4-13,16,20,27H,3,14-15H2,1-2H3. The minimum atomic E-state index is -0.593. The van der Waals surface area contributed by atoms with Crippen molar-refractivity contribution < 1.29 is 9.84 Å². The molecule has 2 aromatic heterocycles. The molecule has 1 atom stereocenters. The van der Waals surface area contributed by atoms with Crippen molar-refractivity contribution in [2.45, 2.75) is 26.1 Å². The zero-order valence-corrected chi connectivity index (χ0v) is 16.2. The number of ether oxygens (including phenoxy) is 1. The van der Waals surface area contributed by atoms with Crippen molar-refractivity contribution in [2.75, 3.05) is 13.7 Å². The summed E-state index contributed by atoms with van der Waals surface area (Å²) in [6, 6.07) is 18.8. The van der Waals surface area contributed by atoms with E-state index in [2.05, 4.69) is 54.1 Å². The number of nitrogens with zero attached hydrogens (tertiary/aromatic N) is 3. The third kappa shape index (κ3) is 3.46. The predicted octanol–water partition coefficient (Wildman–Crippen LogP) is 4.20. The Labute approximate surface area is 164 Å². The summed E-state index contributed by atoms with van der Waals surface area (Å²) in [5, 5.41) is 11.5. The number of fused-ring (bicyclic) bond motifs is 1. The maximum Gasteiger partial charge on any atom is 0.0963 e. The van der Waals surface area contributed by atoms with Gasteiger partial charge in [0, 0.05) is 36.5 Å². The third-order valence-electron chi connectivity index (χ3n) is 5.04. The molecule has 0 aliphatic heterocycles. The van der Waals surface area contributed by atoms with E-state index in [1.54, 1.807) is 13.4 Å². The number of aliphatic hydroxyl groups excluding tert-OH is 1. The topological polar surface area (TPSA) is 52.2 Å². The van der Waals surface area contributed by atoms with Crippen LogP contribution in [0.5, 0.6) is 0 Å². The summed E-state index contributed by atoms with van der Waals surface area (Å²) in [6.45, 7) is 3.78. The predicted molar refractivity (Wildman–Crippen MR) is 112 cm³/mol. The van der Waals surface area contributed by atoms with Gasteiger partial charge in [-0.25, -0.2) is 4.98 Å². The van der Waals surface area contributed by atoms with Crippen molar-refractivity contribution in [3.63, 3.8) is 0 Å². The van der Waals surface area contributed by atoms with Crippen LogP contribution in [0.25, 0.3) is 33.4 Å². The lowest BCUT2D eigenvalue weighted by Crippen LogP contribution is -2.21. The lowest BCUT2D eigenvalue weighted by atomic mass is 10.0. The monoisotopic (exact) mass is 375 g/mol. The van der Waals surface area contributed by atoms with Gasteiger partial charge < -0.3 is 19.0 Å². The average molecular weight is 375 g/mol. The lowest BCUT2D eigenvalue weighted by Gasteiger charge is -2.15. The van der Waals surface area contributed by atoms with Gasteiger partial charge in [-0.2, -0.15) is 0 Å². The van der Waals surface area contributed by atoms with Gasteiger partial charge in [-0.15, -0.1) is 0 Å². The smallest absolute Gasteiger partial charge is 0.0963 e. The van der Waals surface area contributed by atoms with Gasteiger partial charge in [0.2, 0.25) is 0 Å². The van der Waals surface area contributed by atoms with Crippen LogP contribution in [-0.2, 0) is 17.8 Å². The number of benzene rings is 2. The van der Waals surface area contributed by atoms with Crippen molar-refractivity contribution >= 4 is 10.9 Å². The second-order valence-electron chi connectivity index (χ2n) is 6.94. The molecule has 0 fully saturated rings. The van der Waals surface area contributed by atoms with E-state index in [-0.39, 0.29) is 6.61 Å². The van der Waals surface area contributed by atoms with E-state index in [4.69, 9.17) is 9.72 Å². The number of imidazole rings is 1. The van der Waals surface area contributed by atoms with E-state index in [1.807, 2.05) is 22.8 Å². The summed E-state index contributed by atoms with van der Waals surface area (Å²) in [5.41, 5.74) is 5.26. The molecule has 0 aliphatic carbocycles. The summed E-state index contributed by atoms with van der Waals surface area (Å²) in [5.74, 6) is 0. The van der Waals surface area contributed by atoms with Gasteiger partial charge in [-0.1, -0.05) is 42.5 Å². The van der Waals surface area contributed by atoms with Gasteiger partial charge in [0.15, 0.2) is 0 Å². The van der Waals surface area contributed by atoms with Crippen LogP contribution in [0.2, 0.25) is 0 Å². The first kappa shape index (κ1) is 18.5. The summed E-state index contributed by atoms with van der Waals surface area (Å²) in [7, 11) is 1.60. The Balaban J connectivity index is 1.86. The second-order valence-corrected chi connectivity index (χ2v) is 6.94. The molecule has 0 bridgehead atoms. The van der Waals surface area contributed by atoms with E-state index in [0.717, 1.165) is 29.1 Å². The van der Waals surface area contributed by atoms with Crippen LogP contribution in [0, 0.1) is 0 Å². The summed E-state index contributed by atoms with van der Waals surface area (Å²) < 4.78 is 9.36. The highest BCUT2D eigenvalue weighted by molar-refractivity contribution is 5.88. The van der Waals surface area contributed by atoms with Gasteiger partial charge in [0.05, 0.1) is 37.0 Å². The zero-order valence-electron chi connectivity index (χ0n) is 16.2.